The number of rotatable bonds is 4. The predicted molar refractivity (Wildman–Crippen MR) is 54.9 cm³/mol. The lowest BCUT2D eigenvalue weighted by Gasteiger charge is -2.17. The van der Waals surface area contributed by atoms with Gasteiger partial charge >= 0.3 is 0 Å². The Morgan fingerprint density at radius 3 is 2.62 bits per heavy atom. The minimum absolute atomic E-state index is 0.493. The minimum Gasteiger partial charge on any atom is -0.271 e. The van der Waals surface area contributed by atoms with Gasteiger partial charge in [0, 0.05) is 6.04 Å². The van der Waals surface area contributed by atoms with Crippen LogP contribution < -0.4 is 11.3 Å². The van der Waals surface area contributed by atoms with Crippen molar-refractivity contribution in [2.45, 2.75) is 38.6 Å². The van der Waals surface area contributed by atoms with E-state index in [1.807, 2.05) is 0 Å². The Balaban J connectivity index is 1.88. The fourth-order valence-electron chi connectivity index (χ4n) is 3.16. The summed E-state index contributed by atoms with van der Waals surface area (Å²) in [5, 5.41) is 0. The van der Waals surface area contributed by atoms with E-state index in [0.29, 0.717) is 6.04 Å². The molecule has 2 saturated carbocycles. The van der Waals surface area contributed by atoms with Gasteiger partial charge in [-0.1, -0.05) is 12.0 Å². The van der Waals surface area contributed by atoms with E-state index in [1.54, 1.807) is 0 Å². The lowest BCUT2D eigenvalue weighted by atomic mass is 9.99. The summed E-state index contributed by atoms with van der Waals surface area (Å²) in [6.07, 6.45) is 5.36. The zero-order valence-electron chi connectivity index (χ0n) is 8.42. The van der Waals surface area contributed by atoms with Crippen LogP contribution in [-0.4, -0.2) is 6.04 Å². The molecule has 0 heterocycles. The van der Waals surface area contributed by atoms with Crippen molar-refractivity contribution in [2.75, 3.05) is 0 Å². The van der Waals surface area contributed by atoms with Gasteiger partial charge in [0.15, 0.2) is 0 Å². The average molecular weight is 180 g/mol. The van der Waals surface area contributed by atoms with Crippen LogP contribution in [0.3, 0.4) is 0 Å². The van der Waals surface area contributed by atoms with Crippen LogP contribution >= 0.6 is 0 Å². The van der Waals surface area contributed by atoms with Crippen molar-refractivity contribution in [3.05, 3.63) is 12.2 Å². The highest BCUT2D eigenvalue weighted by Crippen LogP contribution is 2.59. The van der Waals surface area contributed by atoms with E-state index in [2.05, 4.69) is 18.9 Å². The number of fused-ring (bicyclic) bond motifs is 1. The Kier molecular flexibility index (Phi) is 2.43. The normalized spacial score (nSPS) is 38.5. The zero-order chi connectivity index (χ0) is 9.42. The largest absolute Gasteiger partial charge is 0.271 e. The van der Waals surface area contributed by atoms with Gasteiger partial charge < -0.3 is 0 Å². The van der Waals surface area contributed by atoms with Crippen LogP contribution in [0.4, 0.5) is 0 Å². The van der Waals surface area contributed by atoms with Gasteiger partial charge in [-0.3, -0.25) is 11.3 Å². The van der Waals surface area contributed by atoms with E-state index in [-0.39, 0.29) is 0 Å². The van der Waals surface area contributed by atoms with Crippen molar-refractivity contribution < 1.29 is 0 Å². The average Bonchev–Trinajstić information content (AvgIpc) is 2.58. The first kappa shape index (κ1) is 9.22. The molecule has 2 aliphatic rings. The monoisotopic (exact) mass is 180 g/mol. The third kappa shape index (κ3) is 1.65. The molecule has 0 radical (unpaired) electrons. The van der Waals surface area contributed by atoms with Gasteiger partial charge in [-0.2, -0.15) is 0 Å². The highest BCUT2D eigenvalue weighted by atomic mass is 15.2. The lowest BCUT2D eigenvalue weighted by Crippen LogP contribution is -2.38. The first-order valence-corrected chi connectivity index (χ1v) is 5.34. The van der Waals surface area contributed by atoms with Gasteiger partial charge in [-0.25, -0.2) is 0 Å². The fraction of sp³-hybridized carbons (Fsp3) is 0.818. The van der Waals surface area contributed by atoms with Crippen molar-refractivity contribution in [3.8, 4) is 0 Å². The molecule has 74 valence electrons. The van der Waals surface area contributed by atoms with Crippen molar-refractivity contribution in [3.63, 3.8) is 0 Å². The second kappa shape index (κ2) is 3.43. The third-order valence-corrected chi connectivity index (χ3v) is 3.72. The number of nitrogens with one attached hydrogen (secondary N) is 1. The van der Waals surface area contributed by atoms with Gasteiger partial charge in [0.25, 0.3) is 0 Å². The zero-order valence-corrected chi connectivity index (χ0v) is 8.42. The van der Waals surface area contributed by atoms with Crippen LogP contribution in [-0.2, 0) is 0 Å². The molecule has 2 fully saturated rings. The number of nitrogens with two attached hydrogens (primary N) is 1. The molecule has 0 aromatic rings. The maximum absolute atomic E-state index is 5.57. The second-order valence-corrected chi connectivity index (χ2v) is 4.77. The van der Waals surface area contributed by atoms with Gasteiger partial charge in [-0.15, -0.1) is 6.58 Å². The van der Waals surface area contributed by atoms with Crippen molar-refractivity contribution in [2.24, 2.45) is 23.6 Å². The molecule has 3 atom stereocenters. The first-order chi connectivity index (χ1) is 6.24. The fourth-order valence-corrected chi connectivity index (χ4v) is 3.16. The lowest BCUT2D eigenvalue weighted by molar-refractivity contribution is 0.409. The summed E-state index contributed by atoms with van der Waals surface area (Å²) in [7, 11) is 0. The summed E-state index contributed by atoms with van der Waals surface area (Å²) >= 11 is 0. The third-order valence-electron chi connectivity index (χ3n) is 3.72. The SMILES string of the molecule is C=C(C)CC(NN)C1C2CCCC21. The van der Waals surface area contributed by atoms with E-state index in [4.69, 9.17) is 5.84 Å². The molecule has 0 saturated heterocycles. The summed E-state index contributed by atoms with van der Waals surface area (Å²) in [6, 6.07) is 0.493. The Hall–Kier alpha value is -0.340. The topological polar surface area (TPSA) is 38.0 Å². The molecule has 0 bridgehead atoms. The Labute approximate surface area is 80.5 Å². The first-order valence-electron chi connectivity index (χ1n) is 5.34. The molecule has 2 aliphatic carbocycles. The van der Waals surface area contributed by atoms with E-state index < -0.39 is 0 Å². The quantitative estimate of drug-likeness (QED) is 0.393. The van der Waals surface area contributed by atoms with Gasteiger partial charge in [-0.05, 0) is 43.9 Å². The van der Waals surface area contributed by atoms with Crippen molar-refractivity contribution >= 4 is 0 Å². The Morgan fingerprint density at radius 2 is 2.15 bits per heavy atom. The summed E-state index contributed by atoms with van der Waals surface area (Å²) < 4.78 is 0. The molecule has 2 nitrogen and oxygen atoms in total. The molecule has 0 aliphatic heterocycles. The summed E-state index contributed by atoms with van der Waals surface area (Å²) in [4.78, 5) is 0. The second-order valence-electron chi connectivity index (χ2n) is 4.77. The Morgan fingerprint density at radius 1 is 1.54 bits per heavy atom. The number of hydrazine groups is 1. The molecule has 0 aromatic heterocycles. The van der Waals surface area contributed by atoms with Crippen molar-refractivity contribution in [1.82, 2.24) is 5.43 Å². The summed E-state index contributed by atoms with van der Waals surface area (Å²) in [6.45, 7) is 6.04. The molecular weight excluding hydrogens is 160 g/mol. The smallest absolute Gasteiger partial charge is 0.0281 e. The van der Waals surface area contributed by atoms with Gasteiger partial charge in [0.05, 0.1) is 0 Å². The van der Waals surface area contributed by atoms with Crippen LogP contribution in [0.25, 0.3) is 0 Å². The van der Waals surface area contributed by atoms with Crippen LogP contribution in [0.1, 0.15) is 32.6 Å². The van der Waals surface area contributed by atoms with E-state index in [1.165, 1.54) is 24.8 Å². The van der Waals surface area contributed by atoms with Crippen LogP contribution in [0, 0.1) is 17.8 Å². The number of hydrogen-bond acceptors (Lipinski definition) is 2. The van der Waals surface area contributed by atoms with Crippen LogP contribution in [0.2, 0.25) is 0 Å². The van der Waals surface area contributed by atoms with E-state index >= 15 is 0 Å². The maximum atomic E-state index is 5.57. The van der Waals surface area contributed by atoms with Crippen LogP contribution in [0.5, 0.6) is 0 Å². The molecular formula is C11H20N2. The highest BCUT2D eigenvalue weighted by Gasteiger charge is 2.55. The highest BCUT2D eigenvalue weighted by molar-refractivity contribution is 5.08. The summed E-state index contributed by atoms with van der Waals surface area (Å²) in [5.74, 6) is 8.40. The van der Waals surface area contributed by atoms with Gasteiger partial charge in [0.1, 0.15) is 0 Å². The Bertz CT molecular complexity index is 202. The number of hydrogen-bond donors (Lipinski definition) is 2. The molecule has 13 heavy (non-hydrogen) atoms. The molecule has 0 spiro atoms. The predicted octanol–water partition coefficient (Wildman–Crippen LogP) is 1.83. The van der Waals surface area contributed by atoms with E-state index in [9.17, 15) is 0 Å². The standard InChI is InChI=1S/C11H20N2/c1-7(2)6-10(13-12)11-8-4-3-5-9(8)11/h8-11,13H,1,3-6,12H2,2H3. The van der Waals surface area contributed by atoms with Gasteiger partial charge in [0.2, 0.25) is 0 Å². The summed E-state index contributed by atoms with van der Waals surface area (Å²) in [5.41, 5.74) is 4.21. The van der Waals surface area contributed by atoms with Crippen LogP contribution in [0.15, 0.2) is 12.2 Å². The minimum atomic E-state index is 0.493. The maximum Gasteiger partial charge on any atom is 0.0281 e. The molecule has 0 aromatic carbocycles. The molecule has 0 amide bonds. The van der Waals surface area contributed by atoms with Crippen molar-refractivity contribution in [1.29, 1.82) is 0 Å². The molecule has 2 rings (SSSR count). The molecule has 3 unspecified atom stereocenters. The van der Waals surface area contributed by atoms with E-state index in [0.717, 1.165) is 24.2 Å². The molecule has 2 heteroatoms. The molecule has 3 N–H and O–H groups in total.